The van der Waals surface area contributed by atoms with Gasteiger partial charge in [0, 0.05) is 17.8 Å². The first-order valence-corrected chi connectivity index (χ1v) is 9.67. The predicted octanol–water partition coefficient (Wildman–Crippen LogP) is 4.51. The molecule has 0 spiro atoms. The Kier molecular flexibility index (Phi) is 5.06. The van der Waals surface area contributed by atoms with Crippen LogP contribution in [0.1, 0.15) is 27.2 Å². The van der Waals surface area contributed by atoms with E-state index in [0.717, 1.165) is 11.1 Å². The van der Waals surface area contributed by atoms with Crippen LogP contribution in [0, 0.1) is 5.82 Å². The standard InChI is InChI=1S/C21H17Cl2FN4O/c1-12(25)14-5-2-4-13(10-14)11-28-20(23)15-8-9-27(21(29)19(15)26-28)17-7-3-6-16(22)18(17)24/h2-7,10H,1,8-9,11,25H2. The number of carbonyl (C=O) groups is 1. The summed E-state index contributed by atoms with van der Waals surface area (Å²) in [4.78, 5) is 14.3. The van der Waals surface area contributed by atoms with Crippen molar-refractivity contribution in [3.05, 3.63) is 87.4 Å². The van der Waals surface area contributed by atoms with Crippen LogP contribution in [0.25, 0.3) is 5.70 Å². The third-order valence-electron chi connectivity index (χ3n) is 4.87. The summed E-state index contributed by atoms with van der Waals surface area (Å²) in [6, 6.07) is 12.1. The van der Waals surface area contributed by atoms with E-state index in [1.54, 1.807) is 10.7 Å². The van der Waals surface area contributed by atoms with Crippen molar-refractivity contribution in [1.29, 1.82) is 0 Å². The zero-order valence-corrected chi connectivity index (χ0v) is 16.8. The van der Waals surface area contributed by atoms with E-state index in [-0.39, 0.29) is 22.9 Å². The van der Waals surface area contributed by atoms with Crippen molar-refractivity contribution >= 4 is 40.5 Å². The summed E-state index contributed by atoms with van der Waals surface area (Å²) >= 11 is 12.4. The molecule has 0 unspecified atom stereocenters. The van der Waals surface area contributed by atoms with E-state index in [0.29, 0.717) is 29.4 Å². The topological polar surface area (TPSA) is 64.2 Å². The molecule has 0 fully saturated rings. The minimum atomic E-state index is -0.629. The van der Waals surface area contributed by atoms with Crippen molar-refractivity contribution in [1.82, 2.24) is 9.78 Å². The Balaban J connectivity index is 1.66. The maximum Gasteiger partial charge on any atom is 0.279 e. The Hall–Kier alpha value is -2.83. The van der Waals surface area contributed by atoms with Crippen molar-refractivity contribution in [3.8, 4) is 0 Å². The summed E-state index contributed by atoms with van der Waals surface area (Å²) < 4.78 is 16.0. The van der Waals surface area contributed by atoms with Crippen LogP contribution in [0.15, 0.2) is 49.0 Å². The summed E-state index contributed by atoms with van der Waals surface area (Å²) in [5.41, 5.74) is 8.98. The van der Waals surface area contributed by atoms with Gasteiger partial charge in [0.1, 0.15) is 5.15 Å². The smallest absolute Gasteiger partial charge is 0.279 e. The van der Waals surface area contributed by atoms with Gasteiger partial charge in [0.25, 0.3) is 5.91 Å². The number of amides is 1. The molecular formula is C21H17Cl2FN4O. The minimum absolute atomic E-state index is 0.0361. The fourth-order valence-corrected chi connectivity index (χ4v) is 3.85. The zero-order chi connectivity index (χ0) is 20.7. The average Bonchev–Trinajstić information content (AvgIpc) is 3.01. The van der Waals surface area contributed by atoms with Crippen LogP contribution in [0.2, 0.25) is 10.2 Å². The van der Waals surface area contributed by atoms with E-state index in [1.807, 2.05) is 24.3 Å². The number of hydrogen-bond donors (Lipinski definition) is 1. The van der Waals surface area contributed by atoms with Crippen LogP contribution < -0.4 is 10.6 Å². The Morgan fingerprint density at radius 1 is 1.24 bits per heavy atom. The maximum absolute atomic E-state index is 14.4. The molecule has 29 heavy (non-hydrogen) atoms. The molecular weight excluding hydrogens is 414 g/mol. The number of anilines is 1. The van der Waals surface area contributed by atoms with E-state index in [1.165, 1.54) is 17.0 Å². The van der Waals surface area contributed by atoms with E-state index >= 15 is 0 Å². The van der Waals surface area contributed by atoms with Gasteiger partial charge in [-0.25, -0.2) is 9.07 Å². The Morgan fingerprint density at radius 2 is 2.00 bits per heavy atom. The van der Waals surface area contributed by atoms with Gasteiger partial charge in [-0.3, -0.25) is 4.79 Å². The van der Waals surface area contributed by atoms with Gasteiger partial charge in [-0.2, -0.15) is 5.10 Å². The predicted molar refractivity (Wildman–Crippen MR) is 113 cm³/mol. The van der Waals surface area contributed by atoms with Crippen LogP contribution in [-0.4, -0.2) is 22.2 Å². The van der Waals surface area contributed by atoms with Gasteiger partial charge in [0.15, 0.2) is 11.5 Å². The molecule has 0 atom stereocenters. The van der Waals surface area contributed by atoms with Crippen molar-refractivity contribution in [3.63, 3.8) is 0 Å². The largest absolute Gasteiger partial charge is 0.399 e. The summed E-state index contributed by atoms with van der Waals surface area (Å²) in [6.45, 7) is 4.40. The van der Waals surface area contributed by atoms with Crippen molar-refractivity contribution in [2.75, 3.05) is 11.4 Å². The van der Waals surface area contributed by atoms with Crippen molar-refractivity contribution in [2.24, 2.45) is 5.73 Å². The number of halogens is 3. The molecule has 0 bridgehead atoms. The van der Waals surface area contributed by atoms with Gasteiger partial charge < -0.3 is 10.6 Å². The van der Waals surface area contributed by atoms with Crippen molar-refractivity contribution in [2.45, 2.75) is 13.0 Å². The molecule has 1 aromatic heterocycles. The van der Waals surface area contributed by atoms with Gasteiger partial charge >= 0.3 is 0 Å². The first kappa shape index (κ1) is 19.5. The highest BCUT2D eigenvalue weighted by Gasteiger charge is 2.33. The summed E-state index contributed by atoms with van der Waals surface area (Å²) in [6.07, 6.45) is 0.464. The van der Waals surface area contributed by atoms with Gasteiger partial charge in [-0.1, -0.05) is 54.0 Å². The van der Waals surface area contributed by atoms with Crippen LogP contribution >= 0.6 is 23.2 Å². The third kappa shape index (κ3) is 3.50. The molecule has 8 heteroatoms. The van der Waals surface area contributed by atoms with Gasteiger partial charge in [-0.05, 0) is 35.7 Å². The normalized spacial score (nSPS) is 13.5. The number of hydrogen-bond acceptors (Lipinski definition) is 3. The van der Waals surface area contributed by atoms with Gasteiger partial charge in [-0.15, -0.1) is 0 Å². The molecule has 5 nitrogen and oxygen atoms in total. The Labute approximate surface area is 177 Å². The lowest BCUT2D eigenvalue weighted by molar-refractivity contribution is 0.0974. The number of benzene rings is 2. The molecule has 0 aliphatic carbocycles. The molecule has 1 aliphatic rings. The first-order chi connectivity index (χ1) is 13.9. The second-order valence-corrected chi connectivity index (χ2v) is 7.55. The molecule has 0 saturated heterocycles. The highest BCUT2D eigenvalue weighted by molar-refractivity contribution is 6.32. The lowest BCUT2D eigenvalue weighted by Gasteiger charge is -2.26. The fourth-order valence-electron chi connectivity index (χ4n) is 3.40. The quantitative estimate of drug-likeness (QED) is 0.661. The minimum Gasteiger partial charge on any atom is -0.399 e. The summed E-state index contributed by atoms with van der Waals surface area (Å²) in [5, 5.41) is 4.78. The average molecular weight is 431 g/mol. The highest BCUT2D eigenvalue weighted by Crippen LogP contribution is 2.32. The van der Waals surface area contributed by atoms with E-state index < -0.39 is 11.7 Å². The summed E-state index contributed by atoms with van der Waals surface area (Å²) in [7, 11) is 0. The van der Waals surface area contributed by atoms with Gasteiger partial charge in [0.2, 0.25) is 0 Å². The highest BCUT2D eigenvalue weighted by atomic mass is 35.5. The molecule has 3 aromatic rings. The number of nitrogens with two attached hydrogens (primary N) is 1. The fraction of sp³-hybridized carbons (Fsp3) is 0.143. The van der Waals surface area contributed by atoms with E-state index in [4.69, 9.17) is 28.9 Å². The zero-order valence-electron chi connectivity index (χ0n) is 15.3. The second-order valence-electron chi connectivity index (χ2n) is 6.78. The van der Waals surface area contributed by atoms with Gasteiger partial charge in [0.05, 0.1) is 17.3 Å². The lowest BCUT2D eigenvalue weighted by Crippen LogP contribution is -2.38. The third-order valence-corrected chi connectivity index (χ3v) is 5.58. The molecule has 1 amide bonds. The second kappa shape index (κ2) is 7.54. The molecule has 148 valence electrons. The molecule has 0 saturated carbocycles. The number of carbonyl (C=O) groups excluding carboxylic acids is 1. The maximum atomic E-state index is 14.4. The Morgan fingerprint density at radius 3 is 2.76 bits per heavy atom. The first-order valence-electron chi connectivity index (χ1n) is 8.91. The van der Waals surface area contributed by atoms with E-state index in [9.17, 15) is 9.18 Å². The number of aromatic nitrogens is 2. The molecule has 0 radical (unpaired) electrons. The number of rotatable bonds is 4. The van der Waals surface area contributed by atoms with Crippen molar-refractivity contribution < 1.29 is 9.18 Å². The molecule has 2 heterocycles. The molecule has 1 aliphatic heterocycles. The summed E-state index contributed by atoms with van der Waals surface area (Å²) in [5.74, 6) is -1.03. The van der Waals surface area contributed by atoms with Crippen LogP contribution in [0.3, 0.4) is 0 Å². The lowest BCUT2D eigenvalue weighted by atomic mass is 10.1. The molecule has 2 N–H and O–H groups in total. The monoisotopic (exact) mass is 430 g/mol. The molecule has 2 aromatic carbocycles. The number of fused-ring (bicyclic) bond motifs is 1. The molecule has 4 rings (SSSR count). The van der Waals surface area contributed by atoms with Crippen LogP contribution in [-0.2, 0) is 13.0 Å². The number of nitrogens with zero attached hydrogens (tertiary/aromatic N) is 3. The van der Waals surface area contributed by atoms with Crippen LogP contribution in [0.4, 0.5) is 10.1 Å². The Bertz CT molecular complexity index is 1140. The SMILES string of the molecule is C=C(N)c1cccc(Cn2nc3c(c2Cl)CCN(c2cccc(Cl)c2F)C3=O)c1. The van der Waals surface area contributed by atoms with E-state index in [2.05, 4.69) is 11.7 Å². The van der Waals surface area contributed by atoms with Crippen LogP contribution in [0.5, 0.6) is 0 Å².